The third kappa shape index (κ3) is 2.78. The number of benzene rings is 2. The summed E-state index contributed by atoms with van der Waals surface area (Å²) in [4.78, 5) is 42.3. The summed E-state index contributed by atoms with van der Waals surface area (Å²) >= 11 is 0. The van der Waals surface area contributed by atoms with E-state index in [-0.39, 0.29) is 17.2 Å². The molecule has 3 N–H and O–H groups in total. The van der Waals surface area contributed by atoms with Crippen molar-refractivity contribution in [2.24, 2.45) is 5.73 Å². The number of ether oxygens (including phenoxy) is 1. The largest absolute Gasteiger partial charge is 0.466 e. The summed E-state index contributed by atoms with van der Waals surface area (Å²) in [5.41, 5.74) is 9.82. The van der Waals surface area contributed by atoms with Gasteiger partial charge in [0, 0.05) is 34.6 Å². The van der Waals surface area contributed by atoms with Gasteiger partial charge in [0.15, 0.2) is 5.78 Å². The summed E-state index contributed by atoms with van der Waals surface area (Å²) in [5, 5.41) is 2.89. The van der Waals surface area contributed by atoms with Gasteiger partial charge in [0.2, 0.25) is 5.91 Å². The number of methoxy groups -OCH3 is 1. The molecule has 0 saturated heterocycles. The summed E-state index contributed by atoms with van der Waals surface area (Å²) in [6, 6.07) is 13.2. The number of carbonyl (C=O) groups is 3. The molecule has 1 unspecified atom stereocenters. The van der Waals surface area contributed by atoms with E-state index in [2.05, 4.69) is 5.32 Å². The molecule has 2 heterocycles. The van der Waals surface area contributed by atoms with Crippen LogP contribution in [0.1, 0.15) is 36.0 Å². The third-order valence-electron chi connectivity index (χ3n) is 6.75. The first-order valence-corrected chi connectivity index (χ1v) is 11.0. The Hall–Kier alpha value is -3.87. The third-order valence-corrected chi connectivity index (χ3v) is 6.75. The van der Waals surface area contributed by atoms with Crippen LogP contribution in [0.5, 0.6) is 0 Å². The molecule has 7 heteroatoms. The molecule has 3 aliphatic rings. The number of Topliss-reactive ketones (excluding diaryl/α,β-unsaturated/α-hetero) is 1. The average molecular weight is 444 g/mol. The number of hydrogen-bond acceptors (Lipinski definition) is 6. The zero-order valence-electron chi connectivity index (χ0n) is 18.8. The molecular weight excluding hydrogens is 418 g/mol. The highest BCUT2D eigenvalue weighted by Gasteiger charge is 2.61. The zero-order valence-corrected chi connectivity index (χ0v) is 18.8. The molecular formula is C26H25N3O4. The van der Waals surface area contributed by atoms with Gasteiger partial charge in [0.05, 0.1) is 7.11 Å². The van der Waals surface area contributed by atoms with Crippen LogP contribution in [0.15, 0.2) is 65.1 Å². The van der Waals surface area contributed by atoms with Gasteiger partial charge in [-0.3, -0.25) is 14.5 Å². The predicted octanol–water partition coefficient (Wildman–Crippen LogP) is 3.36. The minimum Gasteiger partial charge on any atom is -0.466 e. The standard InChI is InChI=1S/C26H25N3O4/c1-14-7-10-16(11-8-14)29-19-5-4-6-20(30)21(19)26(22(23(29)27)24(31)33-3)17-13-15(2)9-12-18(17)28-25(26)32/h7-13H,4-6,27H2,1-3H3,(H,28,32). The Kier molecular flexibility index (Phi) is 4.67. The molecule has 0 fully saturated rings. The van der Waals surface area contributed by atoms with Crippen LogP contribution in [0.3, 0.4) is 0 Å². The predicted molar refractivity (Wildman–Crippen MR) is 124 cm³/mol. The molecule has 1 atom stereocenters. The number of nitrogens with two attached hydrogens (primary N) is 1. The van der Waals surface area contributed by atoms with Crippen LogP contribution in [0.2, 0.25) is 0 Å². The number of anilines is 2. The molecule has 0 radical (unpaired) electrons. The molecule has 0 aromatic heterocycles. The SMILES string of the molecule is COC(=O)C1=C(N)N(c2ccc(C)cc2)C2=C(C(=O)CCC2)C12C(=O)Nc1ccc(C)cc12. The maximum Gasteiger partial charge on any atom is 0.339 e. The van der Waals surface area contributed by atoms with Crippen molar-refractivity contribution in [3.63, 3.8) is 0 Å². The van der Waals surface area contributed by atoms with Crippen LogP contribution in [-0.4, -0.2) is 24.8 Å². The highest BCUT2D eigenvalue weighted by Crippen LogP contribution is 2.55. The molecule has 1 spiro atoms. The normalized spacial score (nSPS) is 21.8. The van der Waals surface area contributed by atoms with Gasteiger partial charge in [-0.2, -0.15) is 0 Å². The Labute approximate surface area is 191 Å². The van der Waals surface area contributed by atoms with Crippen molar-refractivity contribution >= 4 is 29.0 Å². The van der Waals surface area contributed by atoms with Crippen molar-refractivity contribution in [3.05, 3.63) is 81.8 Å². The minimum absolute atomic E-state index is 0.0265. The number of esters is 1. The monoisotopic (exact) mass is 443 g/mol. The van der Waals surface area contributed by atoms with E-state index in [0.29, 0.717) is 41.8 Å². The summed E-state index contributed by atoms with van der Waals surface area (Å²) in [5.74, 6) is -1.26. The number of hydrogen-bond donors (Lipinski definition) is 2. The average Bonchev–Trinajstić information content (AvgIpc) is 3.06. The number of carbonyl (C=O) groups excluding carboxylic acids is 3. The van der Waals surface area contributed by atoms with E-state index in [0.717, 1.165) is 16.8 Å². The van der Waals surface area contributed by atoms with Gasteiger partial charge in [0.25, 0.3) is 0 Å². The molecule has 2 aromatic carbocycles. The molecule has 1 aliphatic carbocycles. The number of nitrogens with zero attached hydrogens (tertiary/aromatic N) is 1. The minimum atomic E-state index is -1.65. The van der Waals surface area contributed by atoms with E-state index in [1.165, 1.54) is 7.11 Å². The first-order chi connectivity index (χ1) is 15.8. The van der Waals surface area contributed by atoms with Crippen molar-refractivity contribution in [2.75, 3.05) is 17.3 Å². The van der Waals surface area contributed by atoms with Gasteiger partial charge in [-0.15, -0.1) is 0 Å². The van der Waals surface area contributed by atoms with E-state index in [1.807, 2.05) is 50.2 Å². The van der Waals surface area contributed by atoms with E-state index in [1.54, 1.807) is 11.0 Å². The van der Waals surface area contributed by atoms with Crippen LogP contribution >= 0.6 is 0 Å². The van der Waals surface area contributed by atoms with Crippen molar-refractivity contribution in [1.29, 1.82) is 0 Å². The van der Waals surface area contributed by atoms with Gasteiger partial charge >= 0.3 is 5.97 Å². The zero-order chi connectivity index (χ0) is 23.5. The fourth-order valence-electron chi connectivity index (χ4n) is 5.31. The fourth-order valence-corrected chi connectivity index (χ4v) is 5.31. The van der Waals surface area contributed by atoms with Crippen molar-refractivity contribution in [2.45, 2.75) is 38.5 Å². The second-order valence-corrected chi connectivity index (χ2v) is 8.77. The topological polar surface area (TPSA) is 102 Å². The van der Waals surface area contributed by atoms with Gasteiger partial charge in [-0.25, -0.2) is 4.79 Å². The summed E-state index contributed by atoms with van der Waals surface area (Å²) in [6.07, 6.45) is 1.49. The molecule has 0 saturated carbocycles. The summed E-state index contributed by atoms with van der Waals surface area (Å²) in [6.45, 7) is 3.88. The van der Waals surface area contributed by atoms with Crippen LogP contribution in [0.4, 0.5) is 11.4 Å². The second kappa shape index (κ2) is 7.33. The maximum absolute atomic E-state index is 13.8. The maximum atomic E-state index is 13.8. The number of amides is 1. The molecule has 33 heavy (non-hydrogen) atoms. The van der Waals surface area contributed by atoms with Crippen molar-refractivity contribution < 1.29 is 19.1 Å². The van der Waals surface area contributed by atoms with Gasteiger partial charge in [0.1, 0.15) is 16.8 Å². The lowest BCUT2D eigenvalue weighted by Gasteiger charge is -2.44. The molecule has 168 valence electrons. The van der Waals surface area contributed by atoms with Gasteiger partial charge in [-0.1, -0.05) is 35.4 Å². The van der Waals surface area contributed by atoms with Crippen molar-refractivity contribution in [3.8, 4) is 0 Å². The Morgan fingerprint density at radius 3 is 2.45 bits per heavy atom. The van der Waals surface area contributed by atoms with E-state index in [4.69, 9.17) is 10.5 Å². The molecule has 1 amide bonds. The van der Waals surface area contributed by atoms with Crippen LogP contribution in [0.25, 0.3) is 0 Å². The first-order valence-electron chi connectivity index (χ1n) is 11.0. The number of allylic oxidation sites excluding steroid dienone is 1. The van der Waals surface area contributed by atoms with E-state index >= 15 is 0 Å². The van der Waals surface area contributed by atoms with Gasteiger partial charge < -0.3 is 15.8 Å². The second-order valence-electron chi connectivity index (χ2n) is 8.77. The number of aryl methyl sites for hydroxylation is 2. The Morgan fingerprint density at radius 1 is 1.06 bits per heavy atom. The molecule has 2 aliphatic heterocycles. The number of rotatable bonds is 2. The molecule has 5 rings (SSSR count). The van der Waals surface area contributed by atoms with E-state index in [9.17, 15) is 14.4 Å². The van der Waals surface area contributed by atoms with Crippen molar-refractivity contribution in [1.82, 2.24) is 0 Å². The lowest BCUT2D eigenvalue weighted by molar-refractivity contribution is -0.138. The first kappa shape index (κ1) is 21.0. The summed E-state index contributed by atoms with van der Waals surface area (Å²) in [7, 11) is 1.25. The molecule has 7 nitrogen and oxygen atoms in total. The van der Waals surface area contributed by atoms with Crippen LogP contribution < -0.4 is 16.0 Å². The van der Waals surface area contributed by atoms with Crippen LogP contribution in [0, 0.1) is 13.8 Å². The Morgan fingerprint density at radius 2 is 1.76 bits per heavy atom. The van der Waals surface area contributed by atoms with E-state index < -0.39 is 17.3 Å². The number of fused-ring (bicyclic) bond motifs is 3. The lowest BCUT2D eigenvalue weighted by Crippen LogP contribution is -2.53. The molecule has 2 aromatic rings. The Bertz CT molecular complexity index is 1290. The fraction of sp³-hybridized carbons (Fsp3) is 0.269. The number of nitrogens with one attached hydrogen (secondary N) is 1. The quantitative estimate of drug-likeness (QED) is 0.690. The highest BCUT2D eigenvalue weighted by molar-refractivity contribution is 6.23. The van der Waals surface area contributed by atoms with Gasteiger partial charge in [-0.05, 0) is 44.9 Å². The highest BCUT2D eigenvalue weighted by atomic mass is 16.5. The number of ketones is 1. The Balaban J connectivity index is 1.91. The lowest BCUT2D eigenvalue weighted by atomic mass is 9.63. The molecule has 0 bridgehead atoms. The van der Waals surface area contributed by atoms with Crippen LogP contribution in [-0.2, 0) is 24.5 Å². The summed E-state index contributed by atoms with van der Waals surface area (Å²) < 4.78 is 5.14. The smallest absolute Gasteiger partial charge is 0.339 e.